The topological polar surface area (TPSA) is 202 Å². The molecule has 1 aliphatic heterocycles. The molecule has 12 nitrogen and oxygen atoms in total. The average molecular weight is 565 g/mol. The van der Waals surface area contributed by atoms with Crippen LogP contribution in [0.3, 0.4) is 0 Å². The number of rotatable bonds is 14. The maximum atomic E-state index is 13.4. The normalized spacial score (nSPS) is 16.1. The summed E-state index contributed by atoms with van der Waals surface area (Å²) in [5.74, 6) is 0.166. The first kappa shape index (κ1) is 30.8. The summed E-state index contributed by atoms with van der Waals surface area (Å²) in [7, 11) is 1.62. The number of hydrogen-bond donors (Lipinski definition) is 7. The van der Waals surface area contributed by atoms with Gasteiger partial charge in [0.25, 0.3) is 0 Å². The van der Waals surface area contributed by atoms with E-state index in [0.717, 1.165) is 36.0 Å². The Labute approximate surface area is 240 Å². The molecule has 0 saturated carbocycles. The third-order valence-electron chi connectivity index (χ3n) is 6.49. The largest absolute Gasteiger partial charge is 0.508 e. The van der Waals surface area contributed by atoms with Gasteiger partial charge in [0, 0.05) is 44.9 Å². The van der Waals surface area contributed by atoms with Crippen LogP contribution in [0.1, 0.15) is 54.4 Å². The van der Waals surface area contributed by atoms with Gasteiger partial charge in [0.1, 0.15) is 23.5 Å². The summed E-state index contributed by atoms with van der Waals surface area (Å²) in [6.45, 7) is 2.18. The molecule has 2 aromatic carbocycles. The van der Waals surface area contributed by atoms with Crippen LogP contribution in [-0.2, 0) is 9.59 Å². The number of fused-ring (bicyclic) bond motifs is 1. The van der Waals surface area contributed by atoms with Gasteiger partial charge >= 0.3 is 0 Å². The summed E-state index contributed by atoms with van der Waals surface area (Å²) in [5.41, 5.74) is 18.6. The van der Waals surface area contributed by atoms with Gasteiger partial charge in [-0.3, -0.25) is 19.6 Å². The molecule has 0 fully saturated rings. The number of guanidine groups is 2. The Balaban J connectivity index is 1.64. The monoisotopic (exact) mass is 564 g/mol. The number of unbranched alkanes of at least 4 members (excludes halogenated alkanes) is 2. The predicted octanol–water partition coefficient (Wildman–Crippen LogP) is 1.22. The van der Waals surface area contributed by atoms with Gasteiger partial charge in [-0.2, -0.15) is 0 Å². The molecule has 0 spiro atoms. The van der Waals surface area contributed by atoms with E-state index in [1.165, 1.54) is 6.08 Å². The molecule has 2 unspecified atom stereocenters. The smallest absolute Gasteiger partial charge is 0.243 e. The summed E-state index contributed by atoms with van der Waals surface area (Å²) in [5, 5.41) is 18.6. The van der Waals surface area contributed by atoms with Crippen molar-refractivity contribution in [3.63, 3.8) is 0 Å². The lowest BCUT2D eigenvalue weighted by Gasteiger charge is -2.19. The number of phenols is 1. The molecule has 0 saturated heterocycles. The SMILES string of the molecule is CN=C(N)NCCCCNC(=O)/C=C/c1ccc2c(c1)C(C(=O)NCCCCN=C(N)N)C(c1ccc(O)cc1)O2. The van der Waals surface area contributed by atoms with Crippen LogP contribution in [0.5, 0.6) is 11.5 Å². The maximum Gasteiger partial charge on any atom is 0.243 e. The van der Waals surface area contributed by atoms with Crippen molar-refractivity contribution >= 4 is 29.8 Å². The molecule has 0 aromatic heterocycles. The molecule has 2 aromatic rings. The van der Waals surface area contributed by atoms with Crippen molar-refractivity contribution < 1.29 is 19.4 Å². The zero-order valence-electron chi connectivity index (χ0n) is 23.3. The quantitative estimate of drug-likeness (QED) is 0.0767. The number of carbonyl (C=O) groups excluding carboxylic acids is 2. The molecule has 2 atom stereocenters. The van der Waals surface area contributed by atoms with Gasteiger partial charge in [-0.1, -0.05) is 18.2 Å². The van der Waals surface area contributed by atoms with Crippen LogP contribution in [0.25, 0.3) is 6.08 Å². The summed E-state index contributed by atoms with van der Waals surface area (Å²) in [6.07, 6.45) is 5.69. The lowest BCUT2D eigenvalue weighted by atomic mass is 9.89. The van der Waals surface area contributed by atoms with Crippen molar-refractivity contribution in [1.82, 2.24) is 16.0 Å². The number of hydrogen-bond acceptors (Lipinski definition) is 6. The maximum absolute atomic E-state index is 13.4. The average Bonchev–Trinajstić information content (AvgIpc) is 3.34. The van der Waals surface area contributed by atoms with E-state index >= 15 is 0 Å². The van der Waals surface area contributed by atoms with E-state index < -0.39 is 12.0 Å². The lowest BCUT2D eigenvalue weighted by molar-refractivity contribution is -0.124. The van der Waals surface area contributed by atoms with Crippen LogP contribution in [0.15, 0.2) is 58.5 Å². The van der Waals surface area contributed by atoms with Gasteiger partial charge in [0.15, 0.2) is 11.9 Å². The fourth-order valence-corrected chi connectivity index (χ4v) is 4.35. The summed E-state index contributed by atoms with van der Waals surface area (Å²) in [6, 6.07) is 12.1. The van der Waals surface area contributed by atoms with E-state index in [9.17, 15) is 14.7 Å². The number of aliphatic imine (C=N–C) groups is 2. The third-order valence-corrected chi connectivity index (χ3v) is 6.49. The number of nitrogens with one attached hydrogen (secondary N) is 3. The van der Waals surface area contributed by atoms with Crippen molar-refractivity contribution in [2.75, 3.05) is 33.2 Å². The molecule has 3 rings (SSSR count). The number of aromatic hydroxyl groups is 1. The minimum absolute atomic E-state index is 0.0463. The highest BCUT2D eigenvalue weighted by atomic mass is 16.5. The predicted molar refractivity (Wildman–Crippen MR) is 160 cm³/mol. The highest BCUT2D eigenvalue weighted by Gasteiger charge is 2.40. The number of carbonyl (C=O) groups is 2. The molecular formula is C29H40N8O4. The van der Waals surface area contributed by atoms with E-state index in [2.05, 4.69) is 25.9 Å². The fourth-order valence-electron chi connectivity index (χ4n) is 4.35. The zero-order valence-corrected chi connectivity index (χ0v) is 23.3. The van der Waals surface area contributed by atoms with Crippen molar-refractivity contribution in [3.8, 4) is 11.5 Å². The number of amides is 2. The number of ether oxygens (including phenoxy) is 1. The van der Waals surface area contributed by atoms with Crippen LogP contribution in [0.2, 0.25) is 0 Å². The van der Waals surface area contributed by atoms with E-state index in [1.807, 2.05) is 12.1 Å². The second kappa shape index (κ2) is 15.8. The van der Waals surface area contributed by atoms with Gasteiger partial charge in [-0.05, 0) is 67.2 Å². The fraction of sp³-hybridized carbons (Fsp3) is 0.379. The van der Waals surface area contributed by atoms with Crippen molar-refractivity contribution in [2.24, 2.45) is 27.2 Å². The molecule has 1 heterocycles. The number of phenolic OH excluding ortho intramolecular Hbond substituents is 1. The van der Waals surface area contributed by atoms with Crippen molar-refractivity contribution in [1.29, 1.82) is 0 Å². The Morgan fingerprint density at radius 3 is 2.34 bits per heavy atom. The molecule has 1 aliphatic rings. The molecule has 10 N–H and O–H groups in total. The van der Waals surface area contributed by atoms with E-state index in [0.29, 0.717) is 44.3 Å². The Hall–Kier alpha value is -4.74. The highest BCUT2D eigenvalue weighted by Crippen LogP contribution is 2.46. The molecule has 220 valence electrons. The Morgan fingerprint density at radius 2 is 1.63 bits per heavy atom. The standard InChI is InChI=1S/C29H40N8O4/c1-33-29(32)37-17-5-2-14-34-24(39)13-7-19-6-12-23-22(18-19)25(26(41-23)20-8-10-21(38)11-9-20)27(40)35-15-3-4-16-36-28(30)31/h6-13,18,25-26,38H,2-5,14-17H2,1H3,(H,34,39)(H,35,40)(H4,30,31,36)(H3,32,33,37)/b13-7+. The van der Waals surface area contributed by atoms with Crippen molar-refractivity contribution in [2.45, 2.75) is 37.7 Å². The zero-order chi connectivity index (χ0) is 29.6. The van der Waals surface area contributed by atoms with E-state index in [-0.39, 0.29) is 23.5 Å². The minimum Gasteiger partial charge on any atom is -0.508 e. The van der Waals surface area contributed by atoms with Gasteiger partial charge in [-0.15, -0.1) is 0 Å². The van der Waals surface area contributed by atoms with Crippen molar-refractivity contribution in [3.05, 3.63) is 65.2 Å². The first-order chi connectivity index (χ1) is 19.8. The Kier molecular flexibility index (Phi) is 11.8. The van der Waals surface area contributed by atoms with Gasteiger partial charge in [0.05, 0.1) is 0 Å². The van der Waals surface area contributed by atoms with Gasteiger partial charge in [-0.25, -0.2) is 0 Å². The number of benzene rings is 2. The van der Waals surface area contributed by atoms with Crippen LogP contribution < -0.4 is 37.9 Å². The number of nitrogens with two attached hydrogens (primary N) is 3. The van der Waals surface area contributed by atoms with E-state index in [4.69, 9.17) is 21.9 Å². The molecule has 0 bridgehead atoms. The highest BCUT2D eigenvalue weighted by molar-refractivity contribution is 5.92. The molecule has 2 amide bonds. The second-order valence-corrected chi connectivity index (χ2v) is 9.58. The summed E-state index contributed by atoms with van der Waals surface area (Å²) in [4.78, 5) is 33.5. The first-order valence-corrected chi connectivity index (χ1v) is 13.6. The van der Waals surface area contributed by atoms with Crippen LogP contribution in [0, 0.1) is 0 Å². The lowest BCUT2D eigenvalue weighted by Crippen LogP contribution is -2.32. The first-order valence-electron chi connectivity index (χ1n) is 13.6. The summed E-state index contributed by atoms with van der Waals surface area (Å²) >= 11 is 0. The Morgan fingerprint density at radius 1 is 0.951 bits per heavy atom. The second-order valence-electron chi connectivity index (χ2n) is 9.58. The van der Waals surface area contributed by atoms with Gasteiger partial charge < -0.3 is 43.0 Å². The molecule has 0 radical (unpaired) electrons. The van der Waals surface area contributed by atoms with Crippen LogP contribution >= 0.6 is 0 Å². The van der Waals surface area contributed by atoms with Crippen LogP contribution in [0.4, 0.5) is 0 Å². The Bertz CT molecular complexity index is 1260. The molecule has 41 heavy (non-hydrogen) atoms. The number of nitrogens with zero attached hydrogens (tertiary/aromatic N) is 2. The molecule has 12 heteroatoms. The summed E-state index contributed by atoms with van der Waals surface area (Å²) < 4.78 is 6.21. The third kappa shape index (κ3) is 9.75. The van der Waals surface area contributed by atoms with Crippen LogP contribution in [-0.4, -0.2) is 62.1 Å². The molecule has 0 aliphatic carbocycles. The molecular weight excluding hydrogens is 524 g/mol. The van der Waals surface area contributed by atoms with Gasteiger partial charge in [0.2, 0.25) is 11.8 Å². The van der Waals surface area contributed by atoms with E-state index in [1.54, 1.807) is 43.5 Å². The minimum atomic E-state index is -0.616.